The normalized spacial score (nSPS) is 10.8. The zero-order valence-electron chi connectivity index (χ0n) is 14.6. The molecule has 0 saturated carbocycles. The van der Waals surface area contributed by atoms with Crippen LogP contribution in [0.4, 0.5) is 10.2 Å². The minimum absolute atomic E-state index is 0.0688. The largest absolute Gasteiger partial charge is 0.497 e. The minimum Gasteiger partial charge on any atom is -0.497 e. The van der Waals surface area contributed by atoms with Crippen molar-refractivity contribution in [2.75, 3.05) is 12.4 Å². The Balaban J connectivity index is 1.74. The van der Waals surface area contributed by atoms with Crippen LogP contribution in [0.25, 0.3) is 17.2 Å². The number of fused-ring (bicyclic) bond motifs is 1. The van der Waals surface area contributed by atoms with Crippen molar-refractivity contribution in [1.29, 1.82) is 0 Å². The maximum atomic E-state index is 13.8. The van der Waals surface area contributed by atoms with Crippen molar-refractivity contribution in [3.63, 3.8) is 0 Å². The van der Waals surface area contributed by atoms with Gasteiger partial charge in [0.05, 0.1) is 12.7 Å². The second-order valence-electron chi connectivity index (χ2n) is 5.85. The van der Waals surface area contributed by atoms with Gasteiger partial charge >= 0.3 is 0 Å². The average molecular weight is 379 g/mol. The first-order valence-electron chi connectivity index (χ1n) is 8.25. The third kappa shape index (κ3) is 3.20. The molecule has 0 fully saturated rings. The Labute approximate surface area is 157 Å². The highest BCUT2D eigenvalue weighted by Gasteiger charge is 2.16. The van der Waals surface area contributed by atoms with E-state index in [4.69, 9.17) is 4.74 Å². The van der Waals surface area contributed by atoms with Crippen LogP contribution in [0.5, 0.6) is 5.75 Å². The molecule has 28 heavy (non-hydrogen) atoms. The number of H-pyrrole nitrogens is 1. The second-order valence-corrected chi connectivity index (χ2v) is 5.85. The Morgan fingerprint density at radius 2 is 1.93 bits per heavy atom. The summed E-state index contributed by atoms with van der Waals surface area (Å²) >= 11 is 0. The van der Waals surface area contributed by atoms with Gasteiger partial charge in [-0.3, -0.25) is 14.6 Å². The Morgan fingerprint density at radius 1 is 1.18 bits per heavy atom. The Hall–Kier alpha value is -4.01. The Kier molecular flexibility index (Phi) is 4.32. The lowest BCUT2D eigenvalue weighted by Gasteiger charge is -2.06. The molecule has 0 spiro atoms. The van der Waals surface area contributed by atoms with E-state index in [0.717, 1.165) is 6.07 Å². The summed E-state index contributed by atoms with van der Waals surface area (Å²) in [7, 11) is 1.56. The van der Waals surface area contributed by atoms with Gasteiger partial charge in [-0.2, -0.15) is 9.50 Å². The fourth-order valence-electron chi connectivity index (χ4n) is 2.67. The molecule has 2 heterocycles. The average Bonchev–Trinajstić information content (AvgIpc) is 3.12. The lowest BCUT2D eigenvalue weighted by atomic mass is 10.2. The lowest BCUT2D eigenvalue weighted by molar-refractivity contribution is 0.102. The molecule has 9 heteroatoms. The van der Waals surface area contributed by atoms with Crippen LogP contribution in [0.15, 0.2) is 59.4 Å². The van der Waals surface area contributed by atoms with Gasteiger partial charge in [0.1, 0.15) is 17.4 Å². The van der Waals surface area contributed by atoms with Gasteiger partial charge in [0.15, 0.2) is 5.82 Å². The predicted octanol–water partition coefficient (Wildman–Crippen LogP) is 2.48. The fraction of sp³-hybridized carbons (Fsp3) is 0.0526. The minimum atomic E-state index is -0.702. The van der Waals surface area contributed by atoms with Crippen molar-refractivity contribution in [3.05, 3.63) is 76.3 Å². The summed E-state index contributed by atoms with van der Waals surface area (Å²) < 4.78 is 20.2. The molecule has 8 nitrogen and oxygen atoms in total. The number of nitrogens with one attached hydrogen (secondary N) is 2. The van der Waals surface area contributed by atoms with Crippen LogP contribution in [-0.2, 0) is 0 Å². The van der Waals surface area contributed by atoms with Crippen LogP contribution in [0.2, 0.25) is 0 Å². The maximum Gasteiger partial charge on any atom is 0.259 e. The molecule has 4 rings (SSSR count). The summed E-state index contributed by atoms with van der Waals surface area (Å²) in [5.74, 6) is -0.142. The van der Waals surface area contributed by atoms with Crippen molar-refractivity contribution in [2.24, 2.45) is 0 Å². The van der Waals surface area contributed by atoms with E-state index in [1.165, 1.54) is 22.7 Å². The lowest BCUT2D eigenvalue weighted by Crippen LogP contribution is -2.19. The molecular weight excluding hydrogens is 365 g/mol. The highest BCUT2D eigenvalue weighted by atomic mass is 19.1. The number of hydrogen-bond acceptors (Lipinski definition) is 5. The number of aromatic nitrogens is 4. The number of halogens is 1. The molecule has 140 valence electrons. The van der Waals surface area contributed by atoms with E-state index in [1.807, 2.05) is 0 Å². The van der Waals surface area contributed by atoms with Gasteiger partial charge in [0.2, 0.25) is 5.78 Å². The smallest absolute Gasteiger partial charge is 0.259 e. The van der Waals surface area contributed by atoms with Gasteiger partial charge in [-0.05, 0) is 36.4 Å². The number of carbonyl (C=O) groups is 1. The van der Waals surface area contributed by atoms with E-state index in [0.29, 0.717) is 17.1 Å². The van der Waals surface area contributed by atoms with Crippen molar-refractivity contribution in [1.82, 2.24) is 19.6 Å². The van der Waals surface area contributed by atoms with Gasteiger partial charge in [-0.25, -0.2) is 4.39 Å². The number of ether oxygens (including phenoxy) is 1. The topological polar surface area (TPSA) is 101 Å². The van der Waals surface area contributed by atoms with Crippen LogP contribution in [0.1, 0.15) is 10.4 Å². The number of carbonyl (C=O) groups excluding carboxylic acids is 1. The molecular formula is C19H14FN5O3. The number of aromatic amines is 1. The summed E-state index contributed by atoms with van der Waals surface area (Å²) in [6.45, 7) is 0. The first-order chi connectivity index (χ1) is 13.5. The summed E-state index contributed by atoms with van der Waals surface area (Å²) in [5, 5.41) is 6.84. The first-order valence-corrected chi connectivity index (χ1v) is 8.25. The molecule has 2 aromatic carbocycles. The van der Waals surface area contributed by atoms with Gasteiger partial charge in [-0.15, -0.1) is 5.10 Å². The highest BCUT2D eigenvalue weighted by Crippen LogP contribution is 2.20. The fourth-order valence-corrected chi connectivity index (χ4v) is 2.67. The Morgan fingerprint density at radius 3 is 2.64 bits per heavy atom. The number of amides is 1. The summed E-state index contributed by atoms with van der Waals surface area (Å²) in [5.41, 5.74) is 0.0631. The zero-order valence-corrected chi connectivity index (χ0v) is 14.6. The molecule has 0 radical (unpaired) electrons. The van der Waals surface area contributed by atoms with E-state index in [-0.39, 0.29) is 17.2 Å². The molecule has 0 saturated heterocycles. The van der Waals surface area contributed by atoms with E-state index < -0.39 is 17.3 Å². The monoisotopic (exact) mass is 379 g/mol. The summed E-state index contributed by atoms with van der Waals surface area (Å²) in [6, 6.07) is 13.7. The molecule has 0 unspecified atom stereocenters. The third-order valence-electron chi connectivity index (χ3n) is 4.05. The van der Waals surface area contributed by atoms with Crippen LogP contribution in [-0.4, -0.2) is 32.6 Å². The molecule has 2 aromatic heterocycles. The van der Waals surface area contributed by atoms with Crippen LogP contribution >= 0.6 is 0 Å². The number of nitrogens with zero attached hydrogens (tertiary/aromatic N) is 3. The van der Waals surface area contributed by atoms with Crippen molar-refractivity contribution >= 4 is 17.5 Å². The molecule has 1 amide bonds. The predicted molar refractivity (Wildman–Crippen MR) is 99.9 cm³/mol. The quantitative estimate of drug-likeness (QED) is 0.567. The van der Waals surface area contributed by atoms with Crippen LogP contribution in [0.3, 0.4) is 0 Å². The maximum absolute atomic E-state index is 13.8. The number of methoxy groups -OCH3 is 1. The summed E-state index contributed by atoms with van der Waals surface area (Å²) in [4.78, 5) is 31.2. The molecule has 2 N–H and O–H groups in total. The van der Waals surface area contributed by atoms with Crippen molar-refractivity contribution < 1.29 is 13.9 Å². The number of anilines is 1. The van der Waals surface area contributed by atoms with E-state index >= 15 is 0 Å². The van der Waals surface area contributed by atoms with Gasteiger partial charge in [-0.1, -0.05) is 12.1 Å². The summed E-state index contributed by atoms with van der Waals surface area (Å²) in [6.07, 6.45) is 0. The molecule has 4 aromatic rings. The number of rotatable bonds is 4. The molecule has 0 atom stereocenters. The SMILES string of the molecule is COc1ccc(-c2nc3[nH]c(=O)cc(NC(=O)c4ccccc4F)n3n2)cc1. The number of hydrogen-bond donors (Lipinski definition) is 2. The van der Waals surface area contributed by atoms with Crippen molar-refractivity contribution in [3.8, 4) is 17.1 Å². The van der Waals surface area contributed by atoms with E-state index in [1.54, 1.807) is 37.4 Å². The molecule has 0 aliphatic rings. The molecule has 0 aliphatic heterocycles. The first kappa shape index (κ1) is 17.4. The third-order valence-corrected chi connectivity index (χ3v) is 4.05. The molecule has 0 aliphatic carbocycles. The van der Waals surface area contributed by atoms with Crippen molar-refractivity contribution in [2.45, 2.75) is 0 Å². The Bertz CT molecular complexity index is 1230. The highest BCUT2D eigenvalue weighted by molar-refractivity contribution is 6.04. The standard InChI is InChI=1S/C19H14FN5O3/c1-28-12-8-6-11(7-9-12)17-23-19-22-16(26)10-15(25(19)24-17)21-18(27)13-4-2-3-5-14(13)20/h2-10H,1H3,(H,21,27)(H,22,23,24,26). The van der Waals surface area contributed by atoms with E-state index in [9.17, 15) is 14.0 Å². The van der Waals surface area contributed by atoms with Gasteiger partial charge < -0.3 is 10.1 Å². The zero-order chi connectivity index (χ0) is 19.7. The van der Waals surface area contributed by atoms with E-state index in [2.05, 4.69) is 20.4 Å². The van der Waals surface area contributed by atoms with Crippen LogP contribution in [0, 0.1) is 5.82 Å². The number of benzene rings is 2. The van der Waals surface area contributed by atoms with Gasteiger partial charge in [0.25, 0.3) is 11.5 Å². The second kappa shape index (κ2) is 6.95. The van der Waals surface area contributed by atoms with Gasteiger partial charge in [0, 0.05) is 11.6 Å². The van der Waals surface area contributed by atoms with Crippen LogP contribution < -0.4 is 15.6 Å². The molecule has 0 bridgehead atoms.